The van der Waals surface area contributed by atoms with Gasteiger partial charge in [-0.25, -0.2) is 0 Å². The van der Waals surface area contributed by atoms with Crippen LogP contribution in [0.15, 0.2) is 4.99 Å². The Morgan fingerprint density at radius 1 is 1.25 bits per heavy atom. The monoisotopic (exact) mass is 341 g/mol. The number of nitrogens with zero attached hydrogens (tertiary/aromatic N) is 2. The van der Waals surface area contributed by atoms with Crippen LogP contribution in [0.2, 0.25) is 0 Å². The zero-order valence-corrected chi connectivity index (χ0v) is 15.7. The fourth-order valence-corrected chi connectivity index (χ4v) is 2.33. The van der Waals surface area contributed by atoms with E-state index in [0.29, 0.717) is 6.42 Å². The molecule has 24 heavy (non-hydrogen) atoms. The summed E-state index contributed by atoms with van der Waals surface area (Å²) in [6.45, 7) is 6.29. The maximum atomic E-state index is 11.0. The number of guanidine groups is 1. The van der Waals surface area contributed by atoms with Gasteiger partial charge >= 0.3 is 5.97 Å². The van der Waals surface area contributed by atoms with Crippen molar-refractivity contribution in [2.24, 2.45) is 10.9 Å². The minimum atomic E-state index is -0.118. The Balaban J connectivity index is 2.11. The van der Waals surface area contributed by atoms with Crippen LogP contribution in [0.5, 0.6) is 0 Å². The van der Waals surface area contributed by atoms with Gasteiger partial charge in [-0.05, 0) is 38.5 Å². The summed E-state index contributed by atoms with van der Waals surface area (Å²) in [6, 6.07) is 0. The molecule has 140 valence electrons. The number of aliphatic imine (C=N–C) groups is 1. The van der Waals surface area contributed by atoms with E-state index in [2.05, 4.69) is 33.9 Å². The minimum absolute atomic E-state index is 0.118. The second-order valence-electron chi connectivity index (χ2n) is 6.42. The van der Waals surface area contributed by atoms with Gasteiger partial charge in [0.2, 0.25) is 0 Å². The van der Waals surface area contributed by atoms with E-state index < -0.39 is 0 Å². The lowest BCUT2D eigenvalue weighted by molar-refractivity contribution is -0.140. The van der Waals surface area contributed by atoms with Gasteiger partial charge in [0.25, 0.3) is 0 Å². The molecule has 0 bridgehead atoms. The first-order chi connectivity index (χ1) is 11.7. The summed E-state index contributed by atoms with van der Waals surface area (Å²) < 4.78 is 10.3. The molecule has 1 aliphatic carbocycles. The van der Waals surface area contributed by atoms with Crippen LogP contribution in [0.25, 0.3) is 0 Å². The Kier molecular flexibility index (Phi) is 11.3. The van der Waals surface area contributed by atoms with Crippen molar-refractivity contribution in [3.8, 4) is 0 Å². The number of nitrogens with one attached hydrogen (secondary N) is 1. The molecule has 1 aliphatic rings. The van der Waals surface area contributed by atoms with Crippen LogP contribution in [0, 0.1) is 5.92 Å². The fraction of sp³-hybridized carbons (Fsp3) is 0.889. The van der Waals surface area contributed by atoms with Crippen LogP contribution in [0.4, 0.5) is 0 Å². The first-order valence-electron chi connectivity index (χ1n) is 9.31. The molecule has 0 spiro atoms. The molecular formula is C18H35N3O3. The molecule has 0 amide bonds. The maximum absolute atomic E-state index is 11.0. The van der Waals surface area contributed by atoms with Crippen molar-refractivity contribution in [2.75, 3.05) is 47.0 Å². The molecule has 6 nitrogen and oxygen atoms in total. The van der Waals surface area contributed by atoms with Gasteiger partial charge in [-0.15, -0.1) is 0 Å². The van der Waals surface area contributed by atoms with Gasteiger partial charge in [0.1, 0.15) is 0 Å². The number of carbonyl (C=O) groups excluding carboxylic acids is 1. The average Bonchev–Trinajstić information content (AvgIpc) is 3.40. The summed E-state index contributed by atoms with van der Waals surface area (Å²) in [5.74, 6) is 1.64. The molecule has 1 saturated carbocycles. The van der Waals surface area contributed by atoms with E-state index in [1.807, 2.05) is 0 Å². The molecule has 0 aliphatic heterocycles. The lowest BCUT2D eigenvalue weighted by atomic mass is 10.1. The predicted molar refractivity (Wildman–Crippen MR) is 97.3 cm³/mol. The largest absolute Gasteiger partial charge is 0.469 e. The second kappa shape index (κ2) is 13.0. The number of ether oxygens (including phenoxy) is 2. The van der Waals surface area contributed by atoms with Gasteiger partial charge in [-0.1, -0.05) is 12.8 Å². The Hall–Kier alpha value is -1.30. The first kappa shape index (κ1) is 20.7. The van der Waals surface area contributed by atoms with Crippen molar-refractivity contribution < 1.29 is 14.3 Å². The van der Waals surface area contributed by atoms with Crippen molar-refractivity contribution in [1.82, 2.24) is 10.2 Å². The molecule has 0 saturated heterocycles. The maximum Gasteiger partial charge on any atom is 0.305 e. The van der Waals surface area contributed by atoms with Crippen molar-refractivity contribution in [3.05, 3.63) is 0 Å². The number of carbonyl (C=O) groups is 1. The molecule has 1 N–H and O–H groups in total. The molecule has 0 unspecified atom stereocenters. The standard InChI is InChI=1S/C18H35N3O3/c1-4-19-18(21(2)13-14-24-15-16-10-11-16)20-12-8-6-5-7-9-17(22)23-3/h16H,4-15H2,1-3H3,(H,19,20). The van der Waals surface area contributed by atoms with Crippen molar-refractivity contribution in [2.45, 2.75) is 51.9 Å². The third-order valence-electron chi connectivity index (χ3n) is 4.10. The Morgan fingerprint density at radius 2 is 2.00 bits per heavy atom. The van der Waals surface area contributed by atoms with E-state index in [9.17, 15) is 4.79 Å². The highest BCUT2D eigenvalue weighted by Crippen LogP contribution is 2.28. The van der Waals surface area contributed by atoms with E-state index >= 15 is 0 Å². The number of esters is 1. The highest BCUT2D eigenvalue weighted by molar-refractivity contribution is 5.79. The van der Waals surface area contributed by atoms with Gasteiger partial charge in [-0.2, -0.15) is 0 Å². The molecule has 0 radical (unpaired) electrons. The van der Waals surface area contributed by atoms with E-state index in [1.165, 1.54) is 20.0 Å². The quantitative estimate of drug-likeness (QED) is 0.241. The second-order valence-corrected chi connectivity index (χ2v) is 6.42. The third kappa shape index (κ3) is 10.5. The number of hydrogen-bond donors (Lipinski definition) is 1. The van der Waals surface area contributed by atoms with Gasteiger partial charge in [0.05, 0.1) is 13.7 Å². The van der Waals surface area contributed by atoms with Crippen molar-refractivity contribution in [3.63, 3.8) is 0 Å². The molecule has 6 heteroatoms. The molecule has 0 atom stereocenters. The van der Waals surface area contributed by atoms with E-state index in [1.54, 1.807) is 0 Å². The lowest BCUT2D eigenvalue weighted by Crippen LogP contribution is -2.40. The zero-order chi connectivity index (χ0) is 17.6. The molecule has 0 heterocycles. The average molecular weight is 341 g/mol. The zero-order valence-electron chi connectivity index (χ0n) is 15.7. The topological polar surface area (TPSA) is 63.2 Å². The number of hydrogen-bond acceptors (Lipinski definition) is 4. The molecule has 1 fully saturated rings. The van der Waals surface area contributed by atoms with Crippen molar-refractivity contribution >= 4 is 11.9 Å². The molecule has 0 aromatic heterocycles. The Bertz CT molecular complexity index is 371. The highest BCUT2D eigenvalue weighted by Gasteiger charge is 2.21. The number of unbranched alkanes of at least 4 members (excludes halogenated alkanes) is 3. The van der Waals surface area contributed by atoms with E-state index in [4.69, 9.17) is 4.74 Å². The summed E-state index contributed by atoms with van der Waals surface area (Å²) in [4.78, 5) is 17.8. The number of methoxy groups -OCH3 is 1. The first-order valence-corrected chi connectivity index (χ1v) is 9.31. The van der Waals surface area contributed by atoms with Crippen LogP contribution in [0.1, 0.15) is 51.9 Å². The Morgan fingerprint density at radius 3 is 2.67 bits per heavy atom. The van der Waals surface area contributed by atoms with Gasteiger partial charge in [-0.3, -0.25) is 9.79 Å². The predicted octanol–water partition coefficient (Wildman–Crippen LogP) is 2.43. The minimum Gasteiger partial charge on any atom is -0.469 e. The molecule has 1 rings (SSSR count). The lowest BCUT2D eigenvalue weighted by Gasteiger charge is -2.22. The Labute approximate surface area is 147 Å². The summed E-state index contributed by atoms with van der Waals surface area (Å²) in [5.41, 5.74) is 0. The van der Waals surface area contributed by atoms with Crippen molar-refractivity contribution in [1.29, 1.82) is 0 Å². The van der Waals surface area contributed by atoms with E-state index in [0.717, 1.165) is 70.4 Å². The number of rotatable bonds is 13. The molecular weight excluding hydrogens is 306 g/mol. The molecule has 0 aromatic carbocycles. The summed E-state index contributed by atoms with van der Waals surface area (Å²) in [5, 5.41) is 3.33. The summed E-state index contributed by atoms with van der Waals surface area (Å²) in [6.07, 6.45) is 7.27. The van der Waals surface area contributed by atoms with Crippen LogP contribution in [-0.2, 0) is 14.3 Å². The third-order valence-corrected chi connectivity index (χ3v) is 4.10. The van der Waals surface area contributed by atoms with Crippen LogP contribution >= 0.6 is 0 Å². The van der Waals surface area contributed by atoms with Gasteiger partial charge in [0.15, 0.2) is 5.96 Å². The van der Waals surface area contributed by atoms with Gasteiger partial charge < -0.3 is 19.7 Å². The smallest absolute Gasteiger partial charge is 0.305 e. The normalized spacial score (nSPS) is 14.5. The van der Waals surface area contributed by atoms with E-state index in [-0.39, 0.29) is 5.97 Å². The molecule has 0 aromatic rings. The summed E-state index contributed by atoms with van der Waals surface area (Å²) in [7, 11) is 3.49. The number of likely N-dealkylation sites (N-methyl/N-ethyl adjacent to an activating group) is 1. The van der Waals surface area contributed by atoms with Gasteiger partial charge in [0, 0.05) is 39.7 Å². The van der Waals surface area contributed by atoms with Crippen LogP contribution in [-0.4, -0.2) is 63.8 Å². The fourth-order valence-electron chi connectivity index (χ4n) is 2.33. The highest BCUT2D eigenvalue weighted by atomic mass is 16.5. The van der Waals surface area contributed by atoms with Crippen LogP contribution < -0.4 is 5.32 Å². The summed E-state index contributed by atoms with van der Waals surface area (Å²) >= 11 is 0. The SMILES string of the molecule is CCNC(=NCCCCCCC(=O)OC)N(C)CCOCC1CC1. The van der Waals surface area contributed by atoms with Crippen LogP contribution in [0.3, 0.4) is 0 Å².